The number of para-hydroxylation sites is 2. The summed E-state index contributed by atoms with van der Waals surface area (Å²) in [5, 5.41) is 3.72. The summed E-state index contributed by atoms with van der Waals surface area (Å²) in [6.45, 7) is 5.37. The number of methoxy groups -OCH3 is 1. The summed E-state index contributed by atoms with van der Waals surface area (Å²) in [7, 11) is 7.42. The molecule has 1 fully saturated rings. The van der Waals surface area contributed by atoms with Crippen LogP contribution in [0.15, 0.2) is 42.5 Å². The van der Waals surface area contributed by atoms with Crippen molar-refractivity contribution in [1.29, 1.82) is 0 Å². The maximum Gasteiger partial charge on any atom is 0.515 e. The fourth-order valence-electron chi connectivity index (χ4n) is 5.28. The van der Waals surface area contributed by atoms with Crippen LogP contribution in [0.25, 0.3) is 11.0 Å². The highest BCUT2D eigenvalue weighted by Gasteiger charge is 2.45. The second-order valence-electron chi connectivity index (χ2n) is 9.81. The number of likely N-dealkylation sites (tertiary alicyclic amines) is 1. The van der Waals surface area contributed by atoms with Gasteiger partial charge in [0, 0.05) is 39.6 Å². The van der Waals surface area contributed by atoms with E-state index in [1.807, 2.05) is 69.4 Å². The van der Waals surface area contributed by atoms with Gasteiger partial charge in [0.25, 0.3) is 0 Å². The van der Waals surface area contributed by atoms with Crippen LogP contribution in [0.5, 0.6) is 0 Å². The van der Waals surface area contributed by atoms with Gasteiger partial charge < -0.3 is 19.7 Å². The van der Waals surface area contributed by atoms with Crippen molar-refractivity contribution in [1.82, 2.24) is 14.5 Å². The second kappa shape index (κ2) is 10.8. The second-order valence-corrected chi connectivity index (χ2v) is 9.81. The summed E-state index contributed by atoms with van der Waals surface area (Å²) in [5.74, 6) is 1.62. The number of ether oxygens (including phenoxy) is 2. The van der Waals surface area contributed by atoms with Gasteiger partial charge in [-0.15, -0.1) is 0 Å². The molecule has 1 aromatic carbocycles. The van der Waals surface area contributed by atoms with Crippen molar-refractivity contribution in [2.24, 2.45) is 0 Å². The zero-order valence-electron chi connectivity index (χ0n) is 22.3. The van der Waals surface area contributed by atoms with E-state index in [1.165, 1.54) is 7.11 Å². The smallest absolute Gasteiger partial charge is 0.423 e. The summed E-state index contributed by atoms with van der Waals surface area (Å²) in [6.07, 6.45) is 1.96. The molecule has 0 aliphatic carbocycles. The summed E-state index contributed by atoms with van der Waals surface area (Å²) in [5.41, 5.74) is 2.69. The van der Waals surface area contributed by atoms with Crippen molar-refractivity contribution in [2.75, 3.05) is 51.6 Å². The lowest BCUT2D eigenvalue weighted by Gasteiger charge is -2.43. The lowest BCUT2D eigenvalue weighted by molar-refractivity contribution is -0.869. The molecule has 4 rings (SSSR count). The molecule has 1 aliphatic heterocycles. The maximum absolute atomic E-state index is 12.6. The number of nitrogens with one attached hydrogen (secondary N) is 1. The Bertz CT molecular complexity index is 1200. The van der Waals surface area contributed by atoms with Gasteiger partial charge >= 0.3 is 6.09 Å². The average Bonchev–Trinajstić information content (AvgIpc) is 3.25. The van der Waals surface area contributed by atoms with Crippen LogP contribution >= 0.6 is 0 Å². The summed E-state index contributed by atoms with van der Waals surface area (Å²) in [6, 6.07) is 14.4. The van der Waals surface area contributed by atoms with Gasteiger partial charge in [0.1, 0.15) is 11.9 Å². The van der Waals surface area contributed by atoms with E-state index in [2.05, 4.69) is 22.9 Å². The van der Waals surface area contributed by atoms with Crippen LogP contribution in [0.4, 0.5) is 16.6 Å². The highest BCUT2D eigenvalue weighted by atomic mass is 16.5. The molecule has 1 saturated heterocycles. The van der Waals surface area contributed by atoms with Crippen molar-refractivity contribution in [3.05, 3.63) is 48.2 Å². The van der Waals surface area contributed by atoms with Crippen molar-refractivity contribution in [2.45, 2.75) is 51.4 Å². The Morgan fingerprint density at radius 3 is 2.67 bits per heavy atom. The number of rotatable bonds is 8. The molecule has 0 bridgehead atoms. The molecular formula is C27H39N6O3+. The lowest BCUT2D eigenvalue weighted by atomic mass is 9.93. The van der Waals surface area contributed by atoms with Crippen molar-refractivity contribution in [3.8, 4) is 0 Å². The molecule has 194 valence electrons. The number of carbonyl (C=O) groups excluding carboxylic acids is 1. The number of hydrogen-bond donors (Lipinski definition) is 1. The van der Waals surface area contributed by atoms with Crippen LogP contribution in [0.3, 0.4) is 0 Å². The van der Waals surface area contributed by atoms with Crippen molar-refractivity contribution < 1.29 is 18.8 Å². The third kappa shape index (κ3) is 4.90. The molecule has 3 heterocycles. The molecule has 9 heteroatoms. The Kier molecular flexibility index (Phi) is 7.80. The van der Waals surface area contributed by atoms with E-state index in [0.29, 0.717) is 17.6 Å². The number of hydrogen-bond acceptors (Lipinski definition) is 7. The molecule has 9 nitrogen and oxygen atoms in total. The molecule has 3 aromatic rings. The van der Waals surface area contributed by atoms with Crippen LogP contribution in [0.1, 0.15) is 45.0 Å². The number of quaternary nitrogens is 1. The number of carbonyl (C=O) groups is 1. The predicted molar refractivity (Wildman–Crippen MR) is 142 cm³/mol. The van der Waals surface area contributed by atoms with Gasteiger partial charge in [0.15, 0.2) is 6.23 Å². The molecule has 0 spiro atoms. The zero-order valence-corrected chi connectivity index (χ0v) is 22.3. The molecular weight excluding hydrogens is 456 g/mol. The third-order valence-corrected chi connectivity index (χ3v) is 7.32. The number of pyridine rings is 1. The molecule has 1 amide bonds. The Balaban J connectivity index is 1.71. The van der Waals surface area contributed by atoms with Crippen LogP contribution < -0.4 is 10.2 Å². The number of anilines is 2. The molecule has 0 radical (unpaired) electrons. The van der Waals surface area contributed by atoms with E-state index < -0.39 is 6.23 Å². The first-order valence-electron chi connectivity index (χ1n) is 12.7. The van der Waals surface area contributed by atoms with E-state index in [-0.39, 0.29) is 18.2 Å². The quantitative estimate of drug-likeness (QED) is 0.456. The summed E-state index contributed by atoms with van der Waals surface area (Å²) >= 11 is 0. The van der Waals surface area contributed by atoms with Crippen LogP contribution in [0, 0.1) is 0 Å². The molecule has 2 aromatic heterocycles. The van der Waals surface area contributed by atoms with Crippen molar-refractivity contribution in [3.63, 3.8) is 0 Å². The number of amides is 1. The Labute approximate surface area is 213 Å². The Hall–Kier alpha value is -3.17. The molecule has 4 atom stereocenters. The molecule has 4 unspecified atom stereocenters. The first-order valence-corrected chi connectivity index (χ1v) is 12.7. The normalized spacial score (nSPS) is 22.8. The van der Waals surface area contributed by atoms with E-state index in [4.69, 9.17) is 19.4 Å². The van der Waals surface area contributed by atoms with Gasteiger partial charge in [-0.3, -0.25) is 4.57 Å². The first-order chi connectivity index (χ1) is 17.3. The van der Waals surface area contributed by atoms with E-state index in [0.717, 1.165) is 47.8 Å². The lowest BCUT2D eigenvalue weighted by Crippen LogP contribution is -2.61. The summed E-state index contributed by atoms with van der Waals surface area (Å²) in [4.78, 5) is 24.4. The third-order valence-electron chi connectivity index (χ3n) is 7.32. The molecule has 1 aliphatic rings. The Morgan fingerprint density at radius 1 is 1.19 bits per heavy atom. The van der Waals surface area contributed by atoms with Gasteiger partial charge in [-0.25, -0.2) is 14.5 Å². The largest absolute Gasteiger partial charge is 0.515 e. The first kappa shape index (κ1) is 25.9. The van der Waals surface area contributed by atoms with Crippen LogP contribution in [-0.4, -0.2) is 78.6 Å². The minimum Gasteiger partial charge on any atom is -0.423 e. The molecule has 1 N–H and O–H groups in total. The van der Waals surface area contributed by atoms with Crippen LogP contribution in [0.2, 0.25) is 0 Å². The van der Waals surface area contributed by atoms with Gasteiger partial charge in [0.2, 0.25) is 5.95 Å². The summed E-state index contributed by atoms with van der Waals surface area (Å²) < 4.78 is 13.9. The highest BCUT2D eigenvalue weighted by molar-refractivity contribution is 5.79. The van der Waals surface area contributed by atoms with Gasteiger partial charge in [-0.1, -0.05) is 25.1 Å². The SMILES string of the molecule is CCOC(c1cccc(N(C)C)n1)n1c(NC2CC[N+](C)(C(=O)OC)C(CC)C2)nc2ccccc21. The van der Waals surface area contributed by atoms with Gasteiger partial charge in [-0.05, 0) is 37.6 Å². The van der Waals surface area contributed by atoms with E-state index in [9.17, 15) is 4.79 Å². The van der Waals surface area contributed by atoms with E-state index >= 15 is 0 Å². The zero-order chi connectivity index (χ0) is 25.9. The fraction of sp³-hybridized carbons (Fsp3) is 0.519. The average molecular weight is 496 g/mol. The molecule has 36 heavy (non-hydrogen) atoms. The van der Waals surface area contributed by atoms with Gasteiger partial charge in [-0.2, -0.15) is 4.79 Å². The number of piperidine rings is 1. The van der Waals surface area contributed by atoms with E-state index in [1.54, 1.807) is 0 Å². The van der Waals surface area contributed by atoms with Crippen molar-refractivity contribution >= 4 is 28.9 Å². The number of benzene rings is 1. The van der Waals surface area contributed by atoms with Crippen LogP contribution in [-0.2, 0) is 9.47 Å². The number of imidazole rings is 1. The number of aromatic nitrogens is 3. The number of fused-ring (bicyclic) bond motifs is 1. The standard InChI is InChI=1S/C27H39N6O3/c1-7-20-18-19(16-17-33(20,5)27(34)35-6)28-26-30-21-12-9-10-14-23(21)32(26)25(36-8-2)22-13-11-15-24(29-22)31(3)4/h9-15,19-20,25H,7-8,16-18H2,1-6H3,(H,28,30)/q+1. The monoisotopic (exact) mass is 495 g/mol. The minimum atomic E-state index is -0.438. The highest BCUT2D eigenvalue weighted by Crippen LogP contribution is 2.33. The Morgan fingerprint density at radius 2 is 1.97 bits per heavy atom. The fourth-order valence-corrected chi connectivity index (χ4v) is 5.28. The molecule has 0 saturated carbocycles. The van der Waals surface area contributed by atoms with Gasteiger partial charge in [0.05, 0.1) is 37.4 Å². The maximum atomic E-state index is 12.6. The topological polar surface area (TPSA) is 81.5 Å². The number of nitrogens with zero attached hydrogens (tertiary/aromatic N) is 5. The predicted octanol–water partition coefficient (Wildman–Crippen LogP) is 4.65. The minimum absolute atomic E-state index is 0.169.